The first kappa shape index (κ1) is 66.2. The zero-order valence-electron chi connectivity index (χ0n) is 46.8. The van der Waals surface area contributed by atoms with Gasteiger partial charge in [-0.05, 0) is 39.2 Å². The number of unbranched alkanes of at least 4 members (excludes halogenated alkanes) is 1. The molecule has 0 fully saturated rings. The quantitative estimate of drug-likeness (QED) is 0.0624. The van der Waals surface area contributed by atoms with Crippen LogP contribution in [0.25, 0.3) is 0 Å². The van der Waals surface area contributed by atoms with Crippen molar-refractivity contribution >= 4 is 111 Å². The first-order valence-electron chi connectivity index (χ1n) is 27.1. The summed E-state index contributed by atoms with van der Waals surface area (Å²) in [5.74, 6) is -17.6. The van der Waals surface area contributed by atoms with Crippen molar-refractivity contribution in [3.63, 3.8) is 0 Å². The van der Waals surface area contributed by atoms with Crippen LogP contribution in [0.15, 0.2) is 32.1 Å². The highest BCUT2D eigenvalue weighted by Crippen LogP contribution is 2.27. The summed E-state index contributed by atoms with van der Waals surface area (Å²) < 4.78 is 11.4. The van der Waals surface area contributed by atoms with E-state index in [1.165, 1.54) is 17.7 Å². The number of carbonyl (C=O) groups is 15. The molecule has 476 valence electrons. The number of carboxylic acids is 2. The highest BCUT2D eigenvalue weighted by Gasteiger charge is 2.36. The first-order valence-corrected chi connectivity index (χ1v) is 28.9. The second-order valence-electron chi connectivity index (χ2n) is 20.1. The summed E-state index contributed by atoms with van der Waals surface area (Å²) in [6.45, 7) is -0.634. The third-order valence-electron chi connectivity index (χ3n) is 13.3. The van der Waals surface area contributed by atoms with E-state index < -0.39 is 236 Å². The summed E-state index contributed by atoms with van der Waals surface area (Å²) in [5.41, 5.74) is 9.20. The number of hydrogen-bond acceptors (Lipinski definition) is 24. The summed E-state index contributed by atoms with van der Waals surface area (Å²) in [4.78, 5) is 220. The Hall–Kier alpha value is -10.3. The average Bonchev–Trinajstić information content (AvgIpc) is 2.62. The maximum absolute atomic E-state index is 14.3. The lowest BCUT2D eigenvalue weighted by Gasteiger charge is -2.24. The zero-order valence-corrected chi connectivity index (χ0v) is 48.4. The molecule has 4 aromatic heterocycles. The van der Waals surface area contributed by atoms with Crippen molar-refractivity contribution in [3.8, 4) is 0 Å². The fourth-order valence-electron chi connectivity index (χ4n) is 8.78. The highest BCUT2D eigenvalue weighted by molar-refractivity contribution is 7.10. The summed E-state index contributed by atoms with van der Waals surface area (Å²) >= 11 is 1.41. The normalized spacial score (nSPS) is 24.1. The molecular formula is C50H60N18O19S2. The van der Waals surface area contributed by atoms with Gasteiger partial charge in [-0.25, -0.2) is 19.9 Å². The third-order valence-corrected chi connectivity index (χ3v) is 15.2. The summed E-state index contributed by atoms with van der Waals surface area (Å²) in [6.07, 6.45) is -2.44. The Morgan fingerprint density at radius 2 is 0.978 bits per heavy atom. The van der Waals surface area contributed by atoms with Gasteiger partial charge in [-0.15, -0.1) is 22.7 Å². The van der Waals surface area contributed by atoms with Crippen molar-refractivity contribution in [2.24, 2.45) is 11.5 Å². The van der Waals surface area contributed by atoms with Crippen molar-refractivity contribution in [2.75, 3.05) is 26.2 Å². The van der Waals surface area contributed by atoms with Crippen molar-refractivity contribution in [3.05, 3.63) is 67.9 Å². The van der Waals surface area contributed by atoms with Crippen LogP contribution in [-0.2, 0) is 52.7 Å². The Morgan fingerprint density at radius 3 is 1.49 bits per heavy atom. The van der Waals surface area contributed by atoms with Crippen LogP contribution in [0.4, 0.5) is 0 Å². The van der Waals surface area contributed by atoms with Crippen LogP contribution in [0, 0.1) is 0 Å². The fraction of sp³-hybridized carbons (Fsp3) is 0.460. The second-order valence-corrected chi connectivity index (χ2v) is 21.9. The van der Waals surface area contributed by atoms with E-state index in [1.54, 1.807) is 0 Å². The van der Waals surface area contributed by atoms with E-state index >= 15 is 0 Å². The number of oxazole rings is 2. The van der Waals surface area contributed by atoms with Gasteiger partial charge in [0, 0.05) is 30.3 Å². The van der Waals surface area contributed by atoms with Crippen LogP contribution in [0.2, 0.25) is 0 Å². The van der Waals surface area contributed by atoms with Crippen LogP contribution in [0.3, 0.4) is 0 Å². The number of nitrogens with one attached hydrogen (secondary N) is 12. The molecule has 18 N–H and O–H groups in total. The van der Waals surface area contributed by atoms with E-state index in [4.69, 9.17) is 20.3 Å². The predicted octanol–water partition coefficient (Wildman–Crippen LogP) is -5.28. The smallest absolute Gasteiger partial charge is 0.305 e. The number of hydrogen-bond donors (Lipinski definition) is 16. The summed E-state index contributed by atoms with van der Waals surface area (Å²) in [7, 11) is 0. The number of nitrogens with two attached hydrogens (primary N) is 2. The minimum Gasteiger partial charge on any atom is -0.481 e. The van der Waals surface area contributed by atoms with E-state index in [1.807, 2.05) is 0 Å². The molecule has 4 aromatic rings. The minimum absolute atomic E-state index is 0.00887. The van der Waals surface area contributed by atoms with Gasteiger partial charge in [0.15, 0.2) is 11.4 Å². The van der Waals surface area contributed by atoms with Gasteiger partial charge in [-0.3, -0.25) is 71.9 Å². The highest BCUT2D eigenvalue weighted by atomic mass is 32.1. The van der Waals surface area contributed by atoms with Crippen molar-refractivity contribution in [1.29, 1.82) is 0 Å². The molecule has 3 aliphatic rings. The molecule has 89 heavy (non-hydrogen) atoms. The number of nitrogens with zero attached hydrogens (tertiary/aromatic N) is 4. The Kier molecular flexibility index (Phi) is 22.6. The molecule has 7 rings (SSSR count). The second kappa shape index (κ2) is 30.4. The molecule has 0 aromatic carbocycles. The number of carboxylic acid groups (broad SMARTS) is 2. The molecule has 0 spiro atoms. The van der Waals surface area contributed by atoms with E-state index in [-0.39, 0.29) is 23.0 Å². The average molecular weight is 1280 g/mol. The Morgan fingerprint density at radius 1 is 0.517 bits per heavy atom. The molecule has 0 saturated heterocycles. The van der Waals surface area contributed by atoms with Crippen molar-refractivity contribution in [1.82, 2.24) is 83.7 Å². The Balaban J connectivity index is 1.35. The van der Waals surface area contributed by atoms with Gasteiger partial charge in [0.2, 0.25) is 64.9 Å². The molecule has 39 heteroatoms. The number of thiazole rings is 2. The van der Waals surface area contributed by atoms with Crippen molar-refractivity contribution < 1.29 is 91.0 Å². The third kappa shape index (κ3) is 18.6. The molecule has 0 aliphatic carbocycles. The molecule has 0 unspecified atom stereocenters. The van der Waals surface area contributed by atoms with Gasteiger partial charge in [0.1, 0.15) is 76.2 Å². The van der Waals surface area contributed by atoms with Crippen molar-refractivity contribution in [2.45, 2.75) is 119 Å². The summed E-state index contributed by atoms with van der Waals surface area (Å²) in [5, 5.41) is 50.5. The molecule has 3 aliphatic heterocycles. The molecule has 12 bridgehead atoms. The van der Waals surface area contributed by atoms with Crippen LogP contribution < -0.4 is 75.3 Å². The number of carbonyl (C=O) groups excluding carboxylic acids is 13. The lowest BCUT2D eigenvalue weighted by molar-refractivity contribution is -0.141. The van der Waals surface area contributed by atoms with E-state index in [2.05, 4.69) is 83.7 Å². The number of fused-ring (bicyclic) bond motifs is 10. The molecule has 37 nitrogen and oxygen atoms in total. The van der Waals surface area contributed by atoms with Gasteiger partial charge >= 0.3 is 11.9 Å². The standard InChI is InChI=1S/C50H60N18O19S2/c1-19-38(77)53-12-26-47-65-28(15-86-47)44(83)62-25(10-34(71)59-23(11-37(75)76)42(81)60-22(8-32(52)69)41(80)56-19)50-68-31(18-89-50)46(85)64-27-13-54-39(78)20(4-2-3-7-51)58-35(72)14-55-40(79)21(5-6-36(73)74)57-33(70)9-24(49-67-30(17-88-49)45(84)63-26)61-43(82)29-16-87-48(27)66-29/h15-27H,2-14,51H2,1H3,(H2,52,69)(H,53,77)(H,54,78)(H,55,79)(H,56,80)(H,57,70)(H,58,72)(H,59,71)(H,60,81)(H,61,82)(H,62,83)(H,63,84)(H,64,85)(H,73,74)(H,75,76)/t19-,20-,21-,22-,23-,24-,25-,26-,27-/m0/s1. The lowest BCUT2D eigenvalue weighted by Crippen LogP contribution is -2.57. The number of rotatable bonds is 11. The fourth-order valence-corrected chi connectivity index (χ4v) is 10.5. The van der Waals surface area contributed by atoms with E-state index in [0.717, 1.165) is 23.9 Å². The van der Waals surface area contributed by atoms with Gasteiger partial charge in [-0.1, -0.05) is 0 Å². The predicted molar refractivity (Wildman–Crippen MR) is 297 cm³/mol. The maximum atomic E-state index is 14.3. The van der Waals surface area contributed by atoms with E-state index in [0.29, 0.717) is 24.2 Å². The summed E-state index contributed by atoms with van der Waals surface area (Å²) in [6, 6.07) is -14.4. The first-order chi connectivity index (χ1) is 42.3. The maximum Gasteiger partial charge on any atom is 0.305 e. The number of primary amides is 1. The van der Waals surface area contributed by atoms with Crippen LogP contribution in [-0.4, -0.2) is 175 Å². The molecule has 13 amide bonds. The van der Waals surface area contributed by atoms with E-state index in [9.17, 15) is 82.1 Å². The number of aliphatic carboxylic acids is 2. The molecule has 0 radical (unpaired) electrons. The molecular weight excluding hydrogens is 1220 g/mol. The van der Waals surface area contributed by atoms with Gasteiger partial charge in [0.05, 0.1) is 44.3 Å². The van der Waals surface area contributed by atoms with Gasteiger partial charge in [-0.2, -0.15) is 0 Å². The van der Waals surface area contributed by atoms with Crippen LogP contribution >= 0.6 is 22.7 Å². The SMILES string of the molecule is C[C@@H]1NC(=O)[C@H](CC(N)=O)NC(=O)[C@H](CC(=O)O)NC(=O)C[C@@H]2NC(=O)c3coc(n3)[C@H](CNC1=O)NC(=O)c1csc(n1)[C@@H]1CC(=O)N[C@@H](CCC(=O)O)C(=O)NCC(=O)N[C@@H](CCCCN)C(=O)NC[C@H](NC(=O)c3csc2n3)c2nc(co2)C(=O)N1. The van der Waals surface area contributed by atoms with Gasteiger partial charge in [0.25, 0.3) is 23.6 Å². The molecule has 9 atom stereocenters. The van der Waals surface area contributed by atoms with Gasteiger partial charge < -0.3 is 94.3 Å². The molecule has 0 saturated carbocycles. The number of aromatic nitrogens is 4. The van der Waals surface area contributed by atoms with Crippen LogP contribution in [0.5, 0.6) is 0 Å². The molecule has 7 heterocycles. The topological polar surface area (TPSA) is 571 Å². The zero-order chi connectivity index (χ0) is 64.6. The van der Waals surface area contributed by atoms with Crippen LogP contribution in [0.1, 0.15) is 153 Å². The number of amides is 13. The monoisotopic (exact) mass is 1280 g/mol. The Bertz CT molecular complexity index is 3420. The Labute approximate surface area is 508 Å². The minimum atomic E-state index is -1.98. The largest absolute Gasteiger partial charge is 0.481 e. The lowest BCUT2D eigenvalue weighted by atomic mass is 10.1.